The number of hydrogen-bond donors (Lipinski definition) is 2. The molecule has 0 heterocycles. The topological polar surface area (TPSA) is 83.8 Å². The molecule has 2 fully saturated rings. The summed E-state index contributed by atoms with van der Waals surface area (Å²) in [5.74, 6) is 0.916. The molecule has 0 radical (unpaired) electrons. The van der Waals surface area contributed by atoms with Crippen LogP contribution in [0.15, 0.2) is 12.2 Å². The second-order valence-corrected chi connectivity index (χ2v) is 9.10. The maximum atomic E-state index is 12.4. The number of carbonyl (C=O) groups is 2. The van der Waals surface area contributed by atoms with Crippen LogP contribution in [0.2, 0.25) is 0 Å². The molecule has 2 aliphatic rings. The predicted molar refractivity (Wildman–Crippen MR) is 109 cm³/mol. The van der Waals surface area contributed by atoms with E-state index in [1.165, 1.54) is 7.11 Å². The van der Waals surface area contributed by atoms with Crippen molar-refractivity contribution in [2.45, 2.75) is 89.8 Å². The van der Waals surface area contributed by atoms with Crippen LogP contribution in [0.4, 0.5) is 0 Å². The van der Waals surface area contributed by atoms with E-state index in [2.05, 4.69) is 6.92 Å². The predicted octanol–water partition coefficient (Wildman–Crippen LogP) is 3.81. The third kappa shape index (κ3) is 7.00. The van der Waals surface area contributed by atoms with Gasteiger partial charge in [-0.3, -0.25) is 9.59 Å². The van der Waals surface area contributed by atoms with E-state index in [1.54, 1.807) is 0 Å². The highest BCUT2D eigenvalue weighted by molar-refractivity contribution is 5.84. The molecule has 2 aliphatic carbocycles. The molecule has 2 saturated carbocycles. The first-order chi connectivity index (χ1) is 13.3. The van der Waals surface area contributed by atoms with Gasteiger partial charge in [0.25, 0.3) is 0 Å². The maximum absolute atomic E-state index is 12.4. The highest BCUT2D eigenvalue weighted by atomic mass is 16.5. The first-order valence-electron chi connectivity index (χ1n) is 10.9. The summed E-state index contributed by atoms with van der Waals surface area (Å²) in [5, 5.41) is 20.7. The molecule has 0 aromatic carbocycles. The summed E-state index contributed by atoms with van der Waals surface area (Å²) in [6, 6.07) is 0. The summed E-state index contributed by atoms with van der Waals surface area (Å²) in [5.41, 5.74) is -0.726. The van der Waals surface area contributed by atoms with Crippen molar-refractivity contribution in [3.8, 4) is 0 Å². The van der Waals surface area contributed by atoms with E-state index in [1.807, 2.05) is 19.1 Å². The van der Waals surface area contributed by atoms with Gasteiger partial charge in [0.05, 0.1) is 18.8 Å². The van der Waals surface area contributed by atoms with E-state index in [0.29, 0.717) is 24.7 Å². The number of Topliss-reactive ketones (excluding diaryl/α,β-unsaturated/α-hetero) is 1. The Balaban J connectivity index is 1.79. The van der Waals surface area contributed by atoms with Gasteiger partial charge in [-0.05, 0) is 57.3 Å². The van der Waals surface area contributed by atoms with Crippen molar-refractivity contribution in [2.75, 3.05) is 7.11 Å². The molecule has 2 N–H and O–H groups in total. The lowest BCUT2D eigenvalue weighted by molar-refractivity contribution is -0.140. The molecule has 5 nitrogen and oxygen atoms in total. The fourth-order valence-corrected chi connectivity index (χ4v) is 4.55. The van der Waals surface area contributed by atoms with Gasteiger partial charge in [-0.1, -0.05) is 31.9 Å². The van der Waals surface area contributed by atoms with Crippen molar-refractivity contribution in [2.24, 2.45) is 23.7 Å². The minimum atomic E-state index is -0.726. The molecule has 0 aromatic heterocycles. The Morgan fingerprint density at radius 3 is 2.68 bits per heavy atom. The number of rotatable bonds is 12. The zero-order valence-corrected chi connectivity index (χ0v) is 17.7. The molecule has 0 saturated heterocycles. The number of aliphatic hydroxyl groups is 2. The van der Waals surface area contributed by atoms with Gasteiger partial charge in [-0.25, -0.2) is 0 Å². The van der Waals surface area contributed by atoms with Crippen LogP contribution in [0.5, 0.6) is 0 Å². The molecule has 0 bridgehead atoms. The third-order valence-corrected chi connectivity index (χ3v) is 6.58. The Labute approximate surface area is 169 Å². The largest absolute Gasteiger partial charge is 0.469 e. The van der Waals surface area contributed by atoms with Crippen LogP contribution >= 0.6 is 0 Å². The van der Waals surface area contributed by atoms with Gasteiger partial charge in [-0.2, -0.15) is 0 Å². The summed E-state index contributed by atoms with van der Waals surface area (Å²) < 4.78 is 4.69. The van der Waals surface area contributed by atoms with E-state index >= 15 is 0 Å². The average Bonchev–Trinajstić information content (AvgIpc) is 3.35. The lowest BCUT2D eigenvalue weighted by Gasteiger charge is -2.22. The van der Waals surface area contributed by atoms with E-state index in [9.17, 15) is 19.8 Å². The summed E-state index contributed by atoms with van der Waals surface area (Å²) in [7, 11) is 1.42. The molecule has 3 unspecified atom stereocenters. The Morgan fingerprint density at radius 1 is 1.29 bits per heavy atom. The number of carbonyl (C=O) groups excluding carboxylic acids is 2. The first kappa shape index (κ1) is 23.1. The van der Waals surface area contributed by atoms with Gasteiger partial charge in [0.15, 0.2) is 0 Å². The molecule has 0 amide bonds. The summed E-state index contributed by atoms with van der Waals surface area (Å²) in [6.45, 7) is 3.96. The second-order valence-electron chi connectivity index (χ2n) is 9.10. The number of aliphatic hydroxyl groups excluding tert-OH is 1. The number of unbranched alkanes of at least 4 members (excludes halogenated alkanes) is 1. The van der Waals surface area contributed by atoms with Crippen molar-refractivity contribution >= 4 is 11.8 Å². The molecule has 160 valence electrons. The molecule has 6 atom stereocenters. The van der Waals surface area contributed by atoms with E-state index in [4.69, 9.17) is 4.74 Å². The normalized spacial score (nSPS) is 31.9. The number of hydrogen-bond acceptors (Lipinski definition) is 5. The molecule has 0 aliphatic heterocycles. The van der Waals surface area contributed by atoms with Crippen LogP contribution in [0, 0.1) is 23.7 Å². The quantitative estimate of drug-likeness (QED) is 0.388. The zero-order chi connectivity index (χ0) is 20.7. The van der Waals surface area contributed by atoms with Crippen LogP contribution in [0.25, 0.3) is 0 Å². The standard InChI is InChI=1S/C23H38O5/c1-4-5-12-23(2,27)13-6-7-18-19(21(25)15-20(18)24)10-8-16-14-17(16)9-11-22(26)28-3/h6-7,16-20,24,27H,4-5,8-15H2,1-3H3/b7-6+/t16?,17?,18-,19-,20-,23?/m1/s1. The minimum Gasteiger partial charge on any atom is -0.469 e. The Kier molecular flexibility index (Phi) is 8.69. The number of esters is 1. The average molecular weight is 395 g/mol. The van der Waals surface area contributed by atoms with Crippen LogP contribution in [-0.4, -0.2) is 40.8 Å². The molecular weight excluding hydrogens is 356 g/mol. The summed E-state index contributed by atoms with van der Waals surface area (Å²) in [6.07, 6.45) is 11.2. The second kappa shape index (κ2) is 10.5. The molecule has 0 aromatic rings. The zero-order valence-electron chi connectivity index (χ0n) is 17.7. The Morgan fingerprint density at radius 2 is 2.00 bits per heavy atom. The van der Waals surface area contributed by atoms with Crippen molar-refractivity contribution in [1.29, 1.82) is 0 Å². The number of methoxy groups -OCH3 is 1. The van der Waals surface area contributed by atoms with E-state index in [0.717, 1.165) is 44.9 Å². The van der Waals surface area contributed by atoms with Gasteiger partial charge in [-0.15, -0.1) is 0 Å². The maximum Gasteiger partial charge on any atom is 0.305 e. The lowest BCUT2D eigenvalue weighted by atomic mass is 9.87. The van der Waals surface area contributed by atoms with Gasteiger partial charge in [0, 0.05) is 24.7 Å². The van der Waals surface area contributed by atoms with Crippen LogP contribution in [-0.2, 0) is 14.3 Å². The molecular formula is C23H38O5. The molecule has 2 rings (SSSR count). The van der Waals surface area contributed by atoms with Crippen molar-refractivity contribution in [3.63, 3.8) is 0 Å². The highest BCUT2D eigenvalue weighted by Crippen LogP contribution is 2.47. The number of ether oxygens (including phenoxy) is 1. The van der Waals surface area contributed by atoms with E-state index in [-0.39, 0.29) is 30.0 Å². The minimum absolute atomic E-state index is 0.117. The van der Waals surface area contributed by atoms with Crippen LogP contribution in [0.3, 0.4) is 0 Å². The Bertz CT molecular complexity index is 553. The van der Waals surface area contributed by atoms with Gasteiger partial charge in [0.2, 0.25) is 0 Å². The smallest absolute Gasteiger partial charge is 0.305 e. The summed E-state index contributed by atoms with van der Waals surface area (Å²) in [4.78, 5) is 23.6. The van der Waals surface area contributed by atoms with Crippen LogP contribution in [0.1, 0.15) is 78.1 Å². The fourth-order valence-electron chi connectivity index (χ4n) is 4.55. The van der Waals surface area contributed by atoms with Crippen molar-refractivity contribution < 1.29 is 24.5 Å². The fraction of sp³-hybridized carbons (Fsp3) is 0.826. The van der Waals surface area contributed by atoms with Crippen molar-refractivity contribution in [1.82, 2.24) is 0 Å². The number of ketones is 1. The van der Waals surface area contributed by atoms with Crippen LogP contribution < -0.4 is 0 Å². The highest BCUT2D eigenvalue weighted by Gasteiger charge is 2.42. The Hall–Kier alpha value is -1.20. The van der Waals surface area contributed by atoms with Gasteiger partial charge >= 0.3 is 5.97 Å². The first-order valence-corrected chi connectivity index (χ1v) is 10.9. The molecule has 0 spiro atoms. The van der Waals surface area contributed by atoms with Crippen molar-refractivity contribution in [3.05, 3.63) is 12.2 Å². The SMILES string of the molecule is CCCCC(C)(O)C/C=C/[C@H]1[C@H](O)CC(=O)[C@@H]1CCC1CC1CCC(=O)OC. The summed E-state index contributed by atoms with van der Waals surface area (Å²) >= 11 is 0. The van der Waals surface area contributed by atoms with Gasteiger partial charge < -0.3 is 14.9 Å². The van der Waals surface area contributed by atoms with E-state index < -0.39 is 11.7 Å². The third-order valence-electron chi connectivity index (χ3n) is 6.58. The lowest BCUT2D eigenvalue weighted by Crippen LogP contribution is -2.23. The monoisotopic (exact) mass is 394 g/mol. The van der Waals surface area contributed by atoms with Gasteiger partial charge in [0.1, 0.15) is 5.78 Å². The molecule has 28 heavy (non-hydrogen) atoms. The molecule has 5 heteroatoms.